The molecule has 1 fully saturated rings. The molecule has 37 heavy (non-hydrogen) atoms. The lowest BCUT2D eigenvalue weighted by Gasteiger charge is -2.17. The van der Waals surface area contributed by atoms with E-state index in [1.54, 1.807) is 12.3 Å². The molecule has 2 heterocycles. The van der Waals surface area contributed by atoms with Crippen LogP contribution in [-0.2, 0) is 27.3 Å². The fraction of sp³-hybridized carbons (Fsp3) is 0.346. The monoisotopic (exact) mass is 506 g/mol. The molecule has 11 nitrogen and oxygen atoms in total. The zero-order chi connectivity index (χ0) is 26.4. The highest BCUT2D eigenvalue weighted by Crippen LogP contribution is 2.34. The van der Waals surface area contributed by atoms with Crippen LogP contribution in [0.1, 0.15) is 37.1 Å². The van der Waals surface area contributed by atoms with Crippen molar-refractivity contribution in [2.45, 2.75) is 44.7 Å². The van der Waals surface area contributed by atoms with Crippen LogP contribution in [-0.4, -0.2) is 45.6 Å². The fourth-order valence-corrected chi connectivity index (χ4v) is 4.09. The molecule has 1 saturated carbocycles. The Morgan fingerprint density at radius 3 is 2.81 bits per heavy atom. The van der Waals surface area contributed by atoms with Gasteiger partial charge in [0.05, 0.1) is 24.7 Å². The van der Waals surface area contributed by atoms with E-state index in [0.29, 0.717) is 12.2 Å². The molecule has 1 aliphatic rings. The van der Waals surface area contributed by atoms with Gasteiger partial charge in [-0.3, -0.25) is 14.4 Å². The first-order valence-corrected chi connectivity index (χ1v) is 12.1. The van der Waals surface area contributed by atoms with E-state index in [2.05, 4.69) is 26.4 Å². The van der Waals surface area contributed by atoms with Crippen molar-refractivity contribution in [2.75, 3.05) is 12.4 Å². The number of amides is 3. The lowest BCUT2D eigenvalue weighted by Crippen LogP contribution is -2.44. The quantitative estimate of drug-likeness (QED) is 0.292. The zero-order valence-corrected chi connectivity index (χ0v) is 20.5. The number of pyridine rings is 1. The highest BCUT2D eigenvalue weighted by Gasteiger charge is 2.24. The van der Waals surface area contributed by atoms with Crippen LogP contribution in [0, 0.1) is 5.92 Å². The van der Waals surface area contributed by atoms with E-state index in [1.165, 1.54) is 48.3 Å². The minimum Gasteiger partial charge on any atom is -0.453 e. The summed E-state index contributed by atoms with van der Waals surface area (Å²) < 4.78 is 6.04. The van der Waals surface area contributed by atoms with Gasteiger partial charge in [-0.05, 0) is 67.9 Å². The number of nitrogens with zero attached hydrogens (tertiary/aromatic N) is 2. The van der Waals surface area contributed by atoms with Gasteiger partial charge in [-0.2, -0.15) is 0 Å². The maximum absolute atomic E-state index is 13.1. The summed E-state index contributed by atoms with van der Waals surface area (Å²) in [6.45, 7) is 0.196. The topological polar surface area (TPSA) is 161 Å². The third kappa shape index (κ3) is 6.84. The van der Waals surface area contributed by atoms with Crippen molar-refractivity contribution >= 4 is 34.6 Å². The number of fused-ring (bicyclic) bond motifs is 1. The summed E-state index contributed by atoms with van der Waals surface area (Å²) in [6.07, 6.45) is 7.46. The predicted molar refractivity (Wildman–Crippen MR) is 138 cm³/mol. The Morgan fingerprint density at radius 1 is 1.27 bits per heavy atom. The van der Waals surface area contributed by atoms with E-state index in [4.69, 9.17) is 10.7 Å². The van der Waals surface area contributed by atoms with Crippen LogP contribution in [0.25, 0.3) is 11.0 Å². The molecule has 1 atom stereocenters. The van der Waals surface area contributed by atoms with Gasteiger partial charge in [0.1, 0.15) is 17.6 Å². The number of carbonyl (C=O) groups is 3. The smallest absolute Gasteiger partial charge is 0.407 e. The second-order valence-corrected chi connectivity index (χ2v) is 9.06. The summed E-state index contributed by atoms with van der Waals surface area (Å²) in [7, 11) is 1.18. The fourth-order valence-electron chi connectivity index (χ4n) is 4.09. The normalized spacial score (nSPS) is 14.0. The minimum atomic E-state index is -1.00. The van der Waals surface area contributed by atoms with E-state index in [-0.39, 0.29) is 18.7 Å². The lowest BCUT2D eigenvalue weighted by atomic mass is 10.1. The summed E-state index contributed by atoms with van der Waals surface area (Å²) in [4.78, 5) is 56.6. The van der Waals surface area contributed by atoms with Crippen LogP contribution in [0.15, 0.2) is 53.5 Å². The Bertz CT molecular complexity index is 1390. The van der Waals surface area contributed by atoms with Gasteiger partial charge in [0, 0.05) is 6.20 Å². The number of H-pyrrole nitrogens is 1. The molecule has 3 amide bonds. The van der Waals surface area contributed by atoms with Crippen LogP contribution in [0.4, 0.5) is 10.5 Å². The maximum Gasteiger partial charge on any atom is 0.407 e. The molecule has 4 rings (SSSR count). The Balaban J connectivity index is 1.48. The Hall–Kier alpha value is -4.41. The van der Waals surface area contributed by atoms with Crippen LogP contribution >= 0.6 is 0 Å². The van der Waals surface area contributed by atoms with E-state index in [0.717, 1.165) is 23.4 Å². The highest BCUT2D eigenvalue weighted by atomic mass is 16.5. The number of para-hydroxylation sites is 1. The average molecular weight is 507 g/mol. The number of carbonyl (C=O) groups excluding carboxylic acids is 3. The molecule has 0 aliphatic heterocycles. The number of allylic oxidation sites excluding steroid dienone is 1. The number of hydrogen-bond acceptors (Lipinski definition) is 6. The SMILES string of the molecule is COC(=O)N[C@@H](CC/C=C/C(N)=O)C(=O)Nc1cccn(Cc2nc3c(CC4CC4)cccc3[nH]2)c1=O. The molecule has 0 spiro atoms. The number of imidazole rings is 1. The second-order valence-electron chi connectivity index (χ2n) is 9.06. The Morgan fingerprint density at radius 2 is 2.08 bits per heavy atom. The summed E-state index contributed by atoms with van der Waals surface area (Å²) in [5.74, 6) is 0.150. The molecule has 194 valence electrons. The van der Waals surface area contributed by atoms with Crippen LogP contribution < -0.4 is 21.9 Å². The maximum atomic E-state index is 13.1. The van der Waals surface area contributed by atoms with Gasteiger partial charge >= 0.3 is 6.09 Å². The number of nitrogens with one attached hydrogen (secondary N) is 3. The van der Waals surface area contributed by atoms with Gasteiger partial charge in [0.15, 0.2) is 0 Å². The number of aromatic nitrogens is 3. The molecule has 11 heteroatoms. The van der Waals surface area contributed by atoms with Crippen LogP contribution in [0.3, 0.4) is 0 Å². The van der Waals surface area contributed by atoms with Crippen LogP contribution in [0.5, 0.6) is 0 Å². The number of rotatable bonds is 11. The van der Waals surface area contributed by atoms with Crippen molar-refractivity contribution in [3.8, 4) is 0 Å². The minimum absolute atomic E-state index is 0.0578. The Labute approximate surface area is 213 Å². The molecule has 2 aromatic heterocycles. The highest BCUT2D eigenvalue weighted by molar-refractivity contribution is 5.96. The first-order chi connectivity index (χ1) is 17.8. The number of ether oxygens (including phenoxy) is 1. The molecule has 0 radical (unpaired) electrons. The molecule has 0 unspecified atom stereocenters. The number of hydrogen-bond donors (Lipinski definition) is 4. The standard InChI is InChI=1S/C26H30N6O5/c1-37-26(36)30-19(7-2-3-10-21(27)33)24(34)29-20-9-5-13-32(25(20)35)15-22-28-18-8-4-6-17(23(18)31-22)14-16-11-12-16/h3-6,8-10,13,16,19H,2,7,11-12,14-15H2,1H3,(H2,27,33)(H,28,31)(H,29,34)(H,30,36)/b10-3+/t19-/m0/s1. The molecule has 5 N–H and O–H groups in total. The number of alkyl carbamates (subject to hydrolysis) is 1. The van der Waals surface area contributed by atoms with Crippen molar-refractivity contribution in [3.63, 3.8) is 0 Å². The first kappa shape index (κ1) is 25.7. The van der Waals surface area contributed by atoms with E-state index < -0.39 is 29.5 Å². The van der Waals surface area contributed by atoms with Crippen molar-refractivity contribution in [1.82, 2.24) is 19.9 Å². The van der Waals surface area contributed by atoms with Crippen molar-refractivity contribution in [1.29, 1.82) is 0 Å². The number of aromatic amines is 1. The van der Waals surface area contributed by atoms with Gasteiger partial charge in [0.2, 0.25) is 11.8 Å². The number of anilines is 1. The van der Waals surface area contributed by atoms with Gasteiger partial charge in [-0.25, -0.2) is 9.78 Å². The van der Waals surface area contributed by atoms with Crippen molar-refractivity contribution < 1.29 is 19.1 Å². The Kier molecular flexibility index (Phi) is 8.02. The molecule has 0 saturated heterocycles. The second kappa shape index (κ2) is 11.5. The molecular formula is C26H30N6O5. The molecular weight excluding hydrogens is 476 g/mol. The summed E-state index contributed by atoms with van der Waals surface area (Å²) in [5, 5.41) is 5.03. The van der Waals surface area contributed by atoms with E-state index in [1.807, 2.05) is 12.1 Å². The average Bonchev–Trinajstić information content (AvgIpc) is 3.59. The third-order valence-electron chi connectivity index (χ3n) is 6.15. The lowest BCUT2D eigenvalue weighted by molar-refractivity contribution is -0.118. The van der Waals surface area contributed by atoms with E-state index in [9.17, 15) is 19.2 Å². The number of methoxy groups -OCH3 is 1. The molecule has 1 aromatic carbocycles. The van der Waals surface area contributed by atoms with Gasteiger partial charge in [-0.1, -0.05) is 18.2 Å². The summed E-state index contributed by atoms with van der Waals surface area (Å²) in [6, 6.07) is 8.21. The van der Waals surface area contributed by atoms with E-state index >= 15 is 0 Å². The van der Waals surface area contributed by atoms with Crippen molar-refractivity contribution in [3.05, 3.63) is 70.4 Å². The first-order valence-electron chi connectivity index (χ1n) is 12.1. The molecule has 0 bridgehead atoms. The van der Waals surface area contributed by atoms with Crippen molar-refractivity contribution in [2.24, 2.45) is 11.7 Å². The van der Waals surface area contributed by atoms with Gasteiger partial charge < -0.3 is 30.7 Å². The number of benzene rings is 1. The summed E-state index contributed by atoms with van der Waals surface area (Å²) >= 11 is 0. The number of primary amides is 1. The van der Waals surface area contributed by atoms with Crippen LogP contribution in [0.2, 0.25) is 0 Å². The van der Waals surface area contributed by atoms with Gasteiger partial charge in [0.25, 0.3) is 5.56 Å². The predicted octanol–water partition coefficient (Wildman–Crippen LogP) is 2.21. The number of nitrogens with two attached hydrogens (primary N) is 1. The molecule has 3 aromatic rings. The largest absolute Gasteiger partial charge is 0.453 e. The third-order valence-corrected chi connectivity index (χ3v) is 6.15. The zero-order valence-electron chi connectivity index (χ0n) is 20.5. The summed E-state index contributed by atoms with van der Waals surface area (Å²) in [5.41, 5.74) is 7.76. The van der Waals surface area contributed by atoms with Gasteiger partial charge in [-0.15, -0.1) is 0 Å². The molecule has 1 aliphatic carbocycles.